The molecule has 4 rings (SSSR count). The Balaban J connectivity index is 1.48. The van der Waals surface area contributed by atoms with Crippen molar-refractivity contribution in [1.82, 2.24) is 10.3 Å². The van der Waals surface area contributed by atoms with E-state index in [0.29, 0.717) is 33.8 Å². The van der Waals surface area contributed by atoms with Crippen LogP contribution in [-0.2, 0) is 0 Å². The van der Waals surface area contributed by atoms with Gasteiger partial charge in [-0.25, -0.2) is 9.37 Å². The Morgan fingerprint density at radius 2 is 1.81 bits per heavy atom. The van der Waals surface area contributed by atoms with Crippen LogP contribution >= 0.6 is 12.2 Å². The van der Waals surface area contributed by atoms with Gasteiger partial charge in [0, 0.05) is 11.3 Å². The molecule has 0 spiro atoms. The van der Waals surface area contributed by atoms with Crippen LogP contribution in [0.4, 0.5) is 10.1 Å². The summed E-state index contributed by atoms with van der Waals surface area (Å²) < 4.78 is 30.1. The number of rotatable bonds is 5. The van der Waals surface area contributed by atoms with Crippen molar-refractivity contribution in [3.05, 3.63) is 72.0 Å². The molecule has 1 amide bonds. The molecular formula is C23H18FN3O4S. The molecule has 1 aromatic heterocycles. The van der Waals surface area contributed by atoms with Gasteiger partial charge in [-0.2, -0.15) is 0 Å². The third kappa shape index (κ3) is 4.37. The highest BCUT2D eigenvalue weighted by atomic mass is 32.1. The van der Waals surface area contributed by atoms with Crippen molar-refractivity contribution in [1.29, 1.82) is 0 Å². The first-order chi connectivity index (χ1) is 15.5. The smallest absolute Gasteiger partial charge is 0.257 e. The number of hydrogen-bond donors (Lipinski definition) is 2. The molecule has 9 heteroatoms. The molecule has 0 bridgehead atoms. The number of carbonyl (C=O) groups excluding carboxylic acids is 1. The number of carbonyl (C=O) groups is 1. The lowest BCUT2D eigenvalue weighted by Crippen LogP contribution is -2.34. The number of nitrogens with zero attached hydrogens (tertiary/aromatic N) is 1. The third-order valence-corrected chi connectivity index (χ3v) is 4.83. The maximum atomic E-state index is 14.0. The van der Waals surface area contributed by atoms with Crippen molar-refractivity contribution in [2.24, 2.45) is 0 Å². The van der Waals surface area contributed by atoms with Crippen LogP contribution < -0.4 is 20.1 Å². The van der Waals surface area contributed by atoms with Crippen LogP contribution in [0.25, 0.3) is 22.6 Å². The lowest BCUT2D eigenvalue weighted by Gasteiger charge is -2.11. The Bertz CT molecular complexity index is 1320. The highest BCUT2D eigenvalue weighted by molar-refractivity contribution is 7.80. The van der Waals surface area contributed by atoms with Gasteiger partial charge in [-0.1, -0.05) is 12.1 Å². The van der Waals surface area contributed by atoms with Gasteiger partial charge in [0.15, 0.2) is 22.2 Å². The second kappa shape index (κ2) is 9.03. The summed E-state index contributed by atoms with van der Waals surface area (Å²) in [6, 6.07) is 16.1. The molecule has 0 aliphatic rings. The maximum Gasteiger partial charge on any atom is 0.257 e. The number of benzene rings is 3. The molecule has 32 heavy (non-hydrogen) atoms. The minimum Gasteiger partial charge on any atom is -0.493 e. The zero-order valence-electron chi connectivity index (χ0n) is 17.1. The highest BCUT2D eigenvalue weighted by Crippen LogP contribution is 2.29. The fraction of sp³-hybridized carbons (Fsp3) is 0.0870. The van der Waals surface area contributed by atoms with Crippen LogP contribution in [0, 0.1) is 5.82 Å². The fourth-order valence-electron chi connectivity index (χ4n) is 3.07. The lowest BCUT2D eigenvalue weighted by molar-refractivity contribution is 0.0977. The Morgan fingerprint density at radius 3 is 2.56 bits per heavy atom. The summed E-state index contributed by atoms with van der Waals surface area (Å²) in [5.41, 5.74) is 2.23. The van der Waals surface area contributed by atoms with Crippen molar-refractivity contribution in [3.63, 3.8) is 0 Å². The van der Waals surface area contributed by atoms with Crippen molar-refractivity contribution in [2.75, 3.05) is 19.5 Å². The predicted octanol–water partition coefficient (Wildman–Crippen LogP) is 4.78. The van der Waals surface area contributed by atoms with Gasteiger partial charge in [0.1, 0.15) is 11.3 Å². The number of oxazole rings is 1. The summed E-state index contributed by atoms with van der Waals surface area (Å²) in [4.78, 5) is 16.9. The molecule has 4 aromatic rings. The number of thiocarbonyl (C=S) groups is 1. The van der Waals surface area contributed by atoms with Crippen molar-refractivity contribution >= 4 is 40.0 Å². The van der Waals surface area contributed by atoms with Gasteiger partial charge in [-0.15, -0.1) is 0 Å². The van der Waals surface area contributed by atoms with Gasteiger partial charge in [0.2, 0.25) is 5.89 Å². The van der Waals surface area contributed by atoms with E-state index in [4.69, 9.17) is 26.1 Å². The summed E-state index contributed by atoms with van der Waals surface area (Å²) in [7, 11) is 3.00. The summed E-state index contributed by atoms with van der Waals surface area (Å²) >= 11 is 5.25. The van der Waals surface area contributed by atoms with Gasteiger partial charge in [0.05, 0.1) is 19.8 Å². The number of aromatic nitrogens is 1. The Hall–Kier alpha value is -3.98. The fourth-order valence-corrected chi connectivity index (χ4v) is 3.28. The zero-order chi connectivity index (χ0) is 22.7. The van der Waals surface area contributed by atoms with E-state index in [9.17, 15) is 9.18 Å². The van der Waals surface area contributed by atoms with E-state index in [0.717, 1.165) is 0 Å². The van der Waals surface area contributed by atoms with E-state index in [2.05, 4.69) is 15.6 Å². The van der Waals surface area contributed by atoms with Crippen LogP contribution in [0.5, 0.6) is 11.5 Å². The van der Waals surface area contributed by atoms with E-state index in [1.165, 1.54) is 20.3 Å². The van der Waals surface area contributed by atoms with E-state index < -0.39 is 11.7 Å². The molecule has 0 atom stereocenters. The van der Waals surface area contributed by atoms with E-state index >= 15 is 0 Å². The first-order valence-corrected chi connectivity index (χ1v) is 9.89. The van der Waals surface area contributed by atoms with Gasteiger partial charge >= 0.3 is 0 Å². The first-order valence-electron chi connectivity index (χ1n) is 9.48. The molecule has 3 aromatic carbocycles. The number of amides is 1. The molecule has 2 N–H and O–H groups in total. The number of nitrogens with one attached hydrogen (secondary N) is 2. The second-order valence-corrected chi connectivity index (χ2v) is 7.07. The normalized spacial score (nSPS) is 10.6. The van der Waals surface area contributed by atoms with Crippen LogP contribution in [0.2, 0.25) is 0 Å². The van der Waals surface area contributed by atoms with Gasteiger partial charge in [-0.05, 0) is 60.7 Å². The minimum atomic E-state index is -0.420. The molecule has 0 unspecified atom stereocenters. The third-order valence-electron chi connectivity index (χ3n) is 4.62. The number of ether oxygens (including phenoxy) is 2. The monoisotopic (exact) mass is 451 g/mol. The van der Waals surface area contributed by atoms with Crippen LogP contribution in [0.15, 0.2) is 65.1 Å². The van der Waals surface area contributed by atoms with Crippen molar-refractivity contribution < 1.29 is 23.1 Å². The minimum absolute atomic E-state index is 0.0990. The number of halogens is 1. The average Bonchev–Trinajstić information content (AvgIpc) is 3.21. The SMILES string of the molecule is COc1ccc(C(=O)NC(=S)Nc2ccc3oc(-c4ccccc4F)nc3c2)cc1OC. The summed E-state index contributed by atoms with van der Waals surface area (Å²) in [6.45, 7) is 0. The summed E-state index contributed by atoms with van der Waals surface area (Å²) in [5.74, 6) is 0.297. The molecule has 0 aliphatic heterocycles. The Labute approximate surface area is 188 Å². The molecular weight excluding hydrogens is 433 g/mol. The number of anilines is 1. The van der Waals surface area contributed by atoms with Crippen LogP contribution in [0.3, 0.4) is 0 Å². The van der Waals surface area contributed by atoms with E-state index in [-0.39, 0.29) is 16.6 Å². The molecule has 7 nitrogen and oxygen atoms in total. The van der Waals surface area contributed by atoms with Crippen LogP contribution in [-0.4, -0.2) is 30.2 Å². The van der Waals surface area contributed by atoms with Crippen molar-refractivity contribution in [3.8, 4) is 23.0 Å². The molecule has 0 radical (unpaired) electrons. The number of hydrogen-bond acceptors (Lipinski definition) is 6. The summed E-state index contributed by atoms with van der Waals surface area (Å²) in [6.07, 6.45) is 0. The largest absolute Gasteiger partial charge is 0.493 e. The molecule has 0 saturated heterocycles. The molecule has 162 valence electrons. The van der Waals surface area contributed by atoms with E-state index in [1.807, 2.05) is 0 Å². The molecule has 0 aliphatic carbocycles. The van der Waals surface area contributed by atoms with Gasteiger partial charge in [-0.3, -0.25) is 10.1 Å². The molecule has 0 saturated carbocycles. The van der Waals surface area contributed by atoms with Crippen molar-refractivity contribution in [2.45, 2.75) is 0 Å². The zero-order valence-corrected chi connectivity index (χ0v) is 18.0. The maximum absolute atomic E-state index is 14.0. The van der Waals surface area contributed by atoms with Crippen LogP contribution in [0.1, 0.15) is 10.4 Å². The highest BCUT2D eigenvalue weighted by Gasteiger charge is 2.14. The second-order valence-electron chi connectivity index (χ2n) is 6.66. The van der Waals surface area contributed by atoms with Gasteiger partial charge in [0.25, 0.3) is 5.91 Å². The number of fused-ring (bicyclic) bond motifs is 1. The topological polar surface area (TPSA) is 85.6 Å². The quantitative estimate of drug-likeness (QED) is 0.423. The van der Waals surface area contributed by atoms with E-state index in [1.54, 1.807) is 54.6 Å². The first kappa shape index (κ1) is 21.3. The molecule has 0 fully saturated rings. The Kier molecular flexibility index (Phi) is 6.00. The standard InChI is InChI=1S/C23H18FN3O4S/c1-29-19-9-7-13(11-20(19)30-2)21(28)27-23(32)25-14-8-10-18-17(12-14)26-22(31-18)15-5-3-4-6-16(15)24/h3-12H,1-2H3,(H2,25,27,28,32). The Morgan fingerprint density at radius 1 is 1.03 bits per heavy atom. The predicted molar refractivity (Wildman–Crippen MR) is 123 cm³/mol. The summed E-state index contributed by atoms with van der Waals surface area (Å²) in [5, 5.41) is 5.64. The van der Waals surface area contributed by atoms with Gasteiger partial charge < -0.3 is 19.2 Å². The molecule has 1 heterocycles. The average molecular weight is 451 g/mol. The lowest BCUT2D eigenvalue weighted by atomic mass is 10.2. The number of methoxy groups -OCH3 is 2.